The quantitative estimate of drug-likeness (QED) is 0.856. The van der Waals surface area contributed by atoms with Gasteiger partial charge in [0.15, 0.2) is 6.61 Å². The molecule has 106 valence electrons. The summed E-state index contributed by atoms with van der Waals surface area (Å²) in [6.45, 7) is 1.10. The number of carbonyl (C=O) groups is 2. The molecule has 1 aromatic rings. The molecule has 20 heavy (non-hydrogen) atoms. The number of ether oxygens (including phenoxy) is 2. The number of rotatable bonds is 3. The van der Waals surface area contributed by atoms with Crippen LogP contribution in [-0.2, 0) is 20.9 Å². The third kappa shape index (κ3) is 2.75. The van der Waals surface area contributed by atoms with E-state index in [1.54, 1.807) is 6.07 Å². The van der Waals surface area contributed by atoms with Crippen LogP contribution in [0.5, 0.6) is 5.75 Å². The van der Waals surface area contributed by atoms with Crippen LogP contribution in [0.2, 0.25) is 0 Å². The second-order valence-electron chi connectivity index (χ2n) is 4.89. The van der Waals surface area contributed by atoms with Crippen molar-refractivity contribution in [2.24, 2.45) is 0 Å². The lowest BCUT2D eigenvalue weighted by Gasteiger charge is -2.18. The summed E-state index contributed by atoms with van der Waals surface area (Å²) >= 11 is 0. The smallest absolute Gasteiger partial charge is 0.262 e. The first-order valence-electron chi connectivity index (χ1n) is 6.67. The molecule has 1 aromatic carbocycles. The van der Waals surface area contributed by atoms with Gasteiger partial charge in [-0.05, 0) is 30.5 Å². The summed E-state index contributed by atoms with van der Waals surface area (Å²) in [7, 11) is 0. The van der Waals surface area contributed by atoms with Gasteiger partial charge in [0.2, 0.25) is 5.91 Å². The molecular weight excluding hydrogens is 260 g/mol. The number of anilines is 1. The first-order valence-corrected chi connectivity index (χ1v) is 6.67. The molecule has 0 aliphatic carbocycles. The topological polar surface area (TPSA) is 76.7 Å². The van der Waals surface area contributed by atoms with E-state index in [1.807, 2.05) is 12.1 Å². The molecule has 0 bridgehead atoms. The second kappa shape index (κ2) is 5.50. The minimum atomic E-state index is -0.317. The van der Waals surface area contributed by atoms with Crippen LogP contribution < -0.4 is 15.4 Å². The summed E-state index contributed by atoms with van der Waals surface area (Å²) in [5.74, 6) is 0.403. The Hall–Kier alpha value is -2.08. The van der Waals surface area contributed by atoms with Gasteiger partial charge in [-0.1, -0.05) is 6.07 Å². The lowest BCUT2D eigenvalue weighted by atomic mass is 10.1. The first kappa shape index (κ1) is 12.9. The molecule has 2 aliphatic heterocycles. The van der Waals surface area contributed by atoms with Crippen LogP contribution in [0.3, 0.4) is 0 Å². The molecule has 0 radical (unpaired) electrons. The lowest BCUT2D eigenvalue weighted by molar-refractivity contribution is -0.130. The fraction of sp³-hybridized carbons (Fsp3) is 0.429. The van der Waals surface area contributed by atoms with Crippen LogP contribution in [0.4, 0.5) is 5.69 Å². The highest BCUT2D eigenvalue weighted by molar-refractivity contribution is 5.95. The van der Waals surface area contributed by atoms with Crippen molar-refractivity contribution >= 4 is 17.5 Å². The van der Waals surface area contributed by atoms with Crippen molar-refractivity contribution in [3.63, 3.8) is 0 Å². The molecule has 3 rings (SSSR count). The highest BCUT2D eigenvalue weighted by atomic mass is 16.5. The standard InChI is InChI=1S/C14H16N2O4/c17-13-8-20-12-6-9(3-4-10(12)16-13)7-15-14(18)11-2-1-5-19-11/h3-4,6,11H,1-2,5,7-8H2,(H,15,18)(H,16,17). The summed E-state index contributed by atoms with van der Waals surface area (Å²) in [6, 6.07) is 5.45. The zero-order valence-electron chi connectivity index (χ0n) is 11.0. The molecule has 1 fully saturated rings. The SMILES string of the molecule is O=C1COc2cc(CNC(=O)C3CCCO3)ccc2N1. The maximum absolute atomic E-state index is 11.8. The Kier molecular flexibility index (Phi) is 3.56. The van der Waals surface area contributed by atoms with Crippen LogP contribution in [0, 0.1) is 0 Å². The van der Waals surface area contributed by atoms with Gasteiger partial charge in [-0.2, -0.15) is 0 Å². The van der Waals surface area contributed by atoms with E-state index in [1.165, 1.54) is 0 Å². The molecule has 2 aliphatic rings. The number of amides is 2. The van der Waals surface area contributed by atoms with Gasteiger partial charge in [0, 0.05) is 13.2 Å². The molecule has 1 saturated heterocycles. The van der Waals surface area contributed by atoms with Gasteiger partial charge in [-0.3, -0.25) is 9.59 Å². The zero-order valence-corrected chi connectivity index (χ0v) is 11.0. The van der Waals surface area contributed by atoms with E-state index in [2.05, 4.69) is 10.6 Å². The normalized spacial score (nSPS) is 20.8. The summed E-state index contributed by atoms with van der Waals surface area (Å²) in [5, 5.41) is 5.58. The summed E-state index contributed by atoms with van der Waals surface area (Å²) in [6.07, 6.45) is 1.40. The number of hydrogen-bond donors (Lipinski definition) is 2. The molecule has 6 nitrogen and oxygen atoms in total. The lowest BCUT2D eigenvalue weighted by Crippen LogP contribution is -2.33. The highest BCUT2D eigenvalue weighted by Gasteiger charge is 2.23. The van der Waals surface area contributed by atoms with Crippen molar-refractivity contribution in [1.82, 2.24) is 5.32 Å². The summed E-state index contributed by atoms with van der Waals surface area (Å²) < 4.78 is 10.7. The molecule has 6 heteroatoms. The average Bonchev–Trinajstić information content (AvgIpc) is 2.99. The number of benzene rings is 1. The minimum Gasteiger partial charge on any atom is -0.482 e. The van der Waals surface area contributed by atoms with Gasteiger partial charge in [0.25, 0.3) is 5.91 Å². The number of carbonyl (C=O) groups excluding carboxylic acids is 2. The predicted molar refractivity (Wildman–Crippen MR) is 71.4 cm³/mol. The average molecular weight is 276 g/mol. The molecular formula is C14H16N2O4. The Morgan fingerprint density at radius 2 is 2.35 bits per heavy atom. The Balaban J connectivity index is 1.60. The third-order valence-electron chi connectivity index (χ3n) is 3.37. The van der Waals surface area contributed by atoms with Crippen molar-refractivity contribution in [3.05, 3.63) is 23.8 Å². The van der Waals surface area contributed by atoms with Crippen LogP contribution >= 0.6 is 0 Å². The molecule has 0 saturated carbocycles. The second-order valence-corrected chi connectivity index (χ2v) is 4.89. The van der Waals surface area contributed by atoms with Gasteiger partial charge in [0.1, 0.15) is 11.9 Å². The van der Waals surface area contributed by atoms with Gasteiger partial charge in [0.05, 0.1) is 5.69 Å². The maximum Gasteiger partial charge on any atom is 0.262 e. The van der Waals surface area contributed by atoms with Gasteiger partial charge in [-0.25, -0.2) is 0 Å². The van der Waals surface area contributed by atoms with Gasteiger partial charge in [-0.15, -0.1) is 0 Å². The Morgan fingerprint density at radius 1 is 1.45 bits per heavy atom. The molecule has 2 heterocycles. The van der Waals surface area contributed by atoms with Gasteiger partial charge < -0.3 is 20.1 Å². The van der Waals surface area contributed by atoms with E-state index < -0.39 is 0 Å². The molecule has 1 unspecified atom stereocenters. The van der Waals surface area contributed by atoms with Crippen LogP contribution in [0.15, 0.2) is 18.2 Å². The minimum absolute atomic E-state index is 0.0265. The van der Waals surface area contributed by atoms with Crippen molar-refractivity contribution in [1.29, 1.82) is 0 Å². The van der Waals surface area contributed by atoms with Crippen molar-refractivity contribution in [2.75, 3.05) is 18.5 Å². The first-order chi connectivity index (χ1) is 9.72. The van der Waals surface area contributed by atoms with E-state index >= 15 is 0 Å². The van der Waals surface area contributed by atoms with E-state index in [0.29, 0.717) is 24.6 Å². The highest BCUT2D eigenvalue weighted by Crippen LogP contribution is 2.28. The Bertz CT molecular complexity index is 538. The molecule has 0 spiro atoms. The monoisotopic (exact) mass is 276 g/mol. The summed E-state index contributed by atoms with van der Waals surface area (Å²) in [5.41, 5.74) is 1.58. The Labute approximate surface area is 116 Å². The Morgan fingerprint density at radius 3 is 3.15 bits per heavy atom. The number of nitrogens with one attached hydrogen (secondary N) is 2. The van der Waals surface area contributed by atoms with Crippen LogP contribution in [-0.4, -0.2) is 31.1 Å². The number of fused-ring (bicyclic) bond motifs is 1. The van der Waals surface area contributed by atoms with Crippen LogP contribution in [0.1, 0.15) is 18.4 Å². The third-order valence-corrected chi connectivity index (χ3v) is 3.37. The number of hydrogen-bond acceptors (Lipinski definition) is 4. The molecule has 1 atom stereocenters. The largest absolute Gasteiger partial charge is 0.482 e. The zero-order chi connectivity index (χ0) is 13.9. The van der Waals surface area contributed by atoms with Crippen molar-refractivity contribution < 1.29 is 19.1 Å². The fourth-order valence-corrected chi connectivity index (χ4v) is 2.32. The molecule has 2 amide bonds. The van der Waals surface area contributed by atoms with E-state index in [0.717, 1.165) is 18.4 Å². The van der Waals surface area contributed by atoms with E-state index in [-0.39, 0.29) is 24.5 Å². The maximum atomic E-state index is 11.8. The van der Waals surface area contributed by atoms with Gasteiger partial charge >= 0.3 is 0 Å². The van der Waals surface area contributed by atoms with E-state index in [9.17, 15) is 9.59 Å². The molecule has 0 aromatic heterocycles. The van der Waals surface area contributed by atoms with Crippen LogP contribution in [0.25, 0.3) is 0 Å². The molecule has 2 N–H and O–H groups in total. The van der Waals surface area contributed by atoms with Crippen molar-refractivity contribution in [2.45, 2.75) is 25.5 Å². The van der Waals surface area contributed by atoms with Crippen molar-refractivity contribution in [3.8, 4) is 5.75 Å². The van der Waals surface area contributed by atoms with E-state index in [4.69, 9.17) is 9.47 Å². The summed E-state index contributed by atoms with van der Waals surface area (Å²) in [4.78, 5) is 23.0. The fourth-order valence-electron chi connectivity index (χ4n) is 2.32. The predicted octanol–water partition coefficient (Wildman–Crippen LogP) is 0.813.